The van der Waals surface area contributed by atoms with Crippen LogP contribution in [0.5, 0.6) is 0 Å². The summed E-state index contributed by atoms with van der Waals surface area (Å²) in [5, 5.41) is 10.3. The molecule has 0 aromatic carbocycles. The monoisotopic (exact) mass is 303 g/mol. The first-order chi connectivity index (χ1) is 9.76. The van der Waals surface area contributed by atoms with Crippen molar-refractivity contribution in [3.05, 3.63) is 23.4 Å². The van der Waals surface area contributed by atoms with Gasteiger partial charge in [-0.25, -0.2) is 4.85 Å². The van der Waals surface area contributed by atoms with Gasteiger partial charge in [-0.1, -0.05) is 64.7 Å². The minimum Gasteiger partial charge on any atom is -0.886 e. The molecule has 4 nitrogen and oxygen atoms in total. The van der Waals surface area contributed by atoms with Crippen LogP contribution in [0.25, 0.3) is 4.85 Å². The molecule has 0 N–H and O–H groups in total. The SMILES string of the molecule is [C-]#[N+]/C(=C/[O-])C(=O)OCCCCCCCCCCCC.[Na+]. The zero-order chi connectivity index (χ0) is 15.1. The van der Waals surface area contributed by atoms with E-state index in [4.69, 9.17) is 11.3 Å². The van der Waals surface area contributed by atoms with Gasteiger partial charge in [0.1, 0.15) is 0 Å². The normalized spacial score (nSPS) is 10.6. The van der Waals surface area contributed by atoms with Crippen LogP contribution < -0.4 is 34.7 Å². The Balaban J connectivity index is 0. The van der Waals surface area contributed by atoms with E-state index in [-0.39, 0.29) is 35.8 Å². The Morgan fingerprint density at radius 2 is 1.52 bits per heavy atom. The second-order valence-electron chi connectivity index (χ2n) is 4.93. The largest absolute Gasteiger partial charge is 1.00 e. The predicted octanol–water partition coefficient (Wildman–Crippen LogP) is 0.575. The molecule has 0 rings (SSSR count). The summed E-state index contributed by atoms with van der Waals surface area (Å²) in [6.45, 7) is 9.12. The molecule has 0 unspecified atom stereocenters. The van der Waals surface area contributed by atoms with Crippen molar-refractivity contribution < 1.29 is 44.2 Å². The average molecular weight is 303 g/mol. The number of hydrogen-bond donors (Lipinski definition) is 0. The van der Waals surface area contributed by atoms with Crippen molar-refractivity contribution in [3.63, 3.8) is 0 Å². The van der Waals surface area contributed by atoms with E-state index in [0.717, 1.165) is 19.3 Å². The summed E-state index contributed by atoms with van der Waals surface area (Å²) in [6, 6.07) is 0. The van der Waals surface area contributed by atoms with Gasteiger partial charge in [0, 0.05) is 0 Å². The second kappa shape index (κ2) is 17.6. The summed E-state index contributed by atoms with van der Waals surface area (Å²) in [6.07, 6.45) is 12.4. The van der Waals surface area contributed by atoms with Crippen molar-refractivity contribution in [3.8, 4) is 0 Å². The van der Waals surface area contributed by atoms with Gasteiger partial charge in [-0.15, -0.1) is 6.26 Å². The molecule has 21 heavy (non-hydrogen) atoms. The predicted molar refractivity (Wildman–Crippen MR) is 77.5 cm³/mol. The maximum atomic E-state index is 11.2. The molecule has 0 atom stereocenters. The summed E-state index contributed by atoms with van der Waals surface area (Å²) in [5.74, 6) is -0.800. The molecule has 0 amide bonds. The van der Waals surface area contributed by atoms with Gasteiger partial charge in [-0.05, 0) is 6.42 Å². The zero-order valence-corrected chi connectivity index (χ0v) is 15.5. The Morgan fingerprint density at radius 3 is 1.95 bits per heavy atom. The van der Waals surface area contributed by atoms with Gasteiger partial charge >= 0.3 is 35.5 Å². The van der Waals surface area contributed by atoms with Crippen LogP contribution in [0.15, 0.2) is 12.0 Å². The minimum atomic E-state index is -0.800. The van der Waals surface area contributed by atoms with Crippen LogP contribution in [0.3, 0.4) is 0 Å². The summed E-state index contributed by atoms with van der Waals surface area (Å²) >= 11 is 0. The molecule has 0 fully saturated rings. The van der Waals surface area contributed by atoms with Gasteiger partial charge in [-0.3, -0.25) is 4.79 Å². The topological polar surface area (TPSA) is 53.7 Å². The number of nitrogens with zero attached hydrogens (tertiary/aromatic N) is 1. The quantitative estimate of drug-likeness (QED) is 0.132. The molecule has 0 aliphatic carbocycles. The van der Waals surface area contributed by atoms with Gasteiger partial charge in [-0.2, -0.15) is 0 Å². The molecule has 0 aliphatic rings. The summed E-state index contributed by atoms with van der Waals surface area (Å²) in [4.78, 5) is 14.0. The molecular weight excluding hydrogens is 277 g/mol. The Kier molecular flexibility index (Phi) is 19.0. The fraction of sp³-hybridized carbons (Fsp3) is 0.750. The Bertz CT molecular complexity index is 324. The molecular formula is C16H26NNaO3. The van der Waals surface area contributed by atoms with Crippen molar-refractivity contribution in [2.24, 2.45) is 0 Å². The number of ether oxygens (including phenoxy) is 1. The standard InChI is InChI=1S/C16H27NO3.Na/c1-3-4-5-6-7-8-9-10-11-12-13-20-16(19)15(14-18)17-2;/h14,18H,3-13H2,1H3;/q;+1/p-1/b15-14+;. The minimum absolute atomic E-state index is 0. The van der Waals surface area contributed by atoms with E-state index in [9.17, 15) is 9.90 Å². The van der Waals surface area contributed by atoms with E-state index in [0.29, 0.717) is 6.61 Å². The third kappa shape index (κ3) is 14.2. The Labute approximate surface area is 151 Å². The molecule has 0 aromatic rings. The summed E-state index contributed by atoms with van der Waals surface area (Å²) < 4.78 is 4.84. The molecule has 0 aliphatic heterocycles. The van der Waals surface area contributed by atoms with Crippen LogP contribution >= 0.6 is 0 Å². The van der Waals surface area contributed by atoms with Gasteiger partial charge < -0.3 is 9.84 Å². The van der Waals surface area contributed by atoms with Crippen LogP contribution in [0.1, 0.15) is 71.1 Å². The third-order valence-corrected chi connectivity index (χ3v) is 3.17. The second-order valence-corrected chi connectivity index (χ2v) is 4.93. The molecule has 0 spiro atoms. The van der Waals surface area contributed by atoms with Crippen LogP contribution in [0.4, 0.5) is 0 Å². The molecule has 0 radical (unpaired) electrons. The molecule has 0 saturated heterocycles. The van der Waals surface area contributed by atoms with E-state index < -0.39 is 11.7 Å². The number of carbonyl (C=O) groups excluding carboxylic acids is 1. The maximum absolute atomic E-state index is 11.2. The number of carbonyl (C=O) groups is 1. The van der Waals surface area contributed by atoms with Crippen molar-refractivity contribution in [1.29, 1.82) is 0 Å². The fourth-order valence-corrected chi connectivity index (χ4v) is 1.95. The molecule has 0 aromatic heterocycles. The molecule has 5 heteroatoms. The number of hydrogen-bond acceptors (Lipinski definition) is 3. The first kappa shape index (κ1) is 22.8. The van der Waals surface area contributed by atoms with Gasteiger partial charge in [0.25, 0.3) is 5.70 Å². The summed E-state index contributed by atoms with van der Waals surface area (Å²) in [7, 11) is 0. The van der Waals surface area contributed by atoms with Crippen molar-refractivity contribution in [2.45, 2.75) is 71.1 Å². The number of rotatable bonds is 12. The average Bonchev–Trinajstić information content (AvgIpc) is 2.46. The van der Waals surface area contributed by atoms with Gasteiger partial charge in [0.2, 0.25) is 0 Å². The zero-order valence-electron chi connectivity index (χ0n) is 13.5. The van der Waals surface area contributed by atoms with Crippen molar-refractivity contribution >= 4 is 5.97 Å². The summed E-state index contributed by atoms with van der Waals surface area (Å²) in [5.41, 5.74) is -0.475. The fourth-order valence-electron chi connectivity index (χ4n) is 1.95. The Hall–Kier alpha value is -0.500. The van der Waals surface area contributed by atoms with Crippen molar-refractivity contribution in [1.82, 2.24) is 0 Å². The first-order valence-corrected chi connectivity index (χ1v) is 7.63. The van der Waals surface area contributed by atoms with E-state index in [1.165, 1.54) is 44.9 Å². The van der Waals surface area contributed by atoms with Gasteiger partial charge in [0.15, 0.2) is 0 Å². The van der Waals surface area contributed by atoms with Crippen LogP contribution in [-0.4, -0.2) is 12.6 Å². The van der Waals surface area contributed by atoms with Crippen LogP contribution in [0.2, 0.25) is 0 Å². The Morgan fingerprint density at radius 1 is 1.05 bits per heavy atom. The van der Waals surface area contributed by atoms with Crippen molar-refractivity contribution in [2.75, 3.05) is 6.61 Å². The van der Waals surface area contributed by atoms with Gasteiger partial charge in [0.05, 0.1) is 13.2 Å². The number of unbranched alkanes of at least 4 members (excludes halogenated alkanes) is 9. The van der Waals surface area contributed by atoms with E-state index >= 15 is 0 Å². The maximum Gasteiger partial charge on any atom is 1.00 e. The van der Waals surface area contributed by atoms with E-state index in [1.807, 2.05) is 0 Å². The number of esters is 1. The molecule has 114 valence electrons. The molecule has 0 saturated carbocycles. The third-order valence-electron chi connectivity index (χ3n) is 3.17. The van der Waals surface area contributed by atoms with E-state index in [1.54, 1.807) is 0 Å². The molecule has 0 bridgehead atoms. The first-order valence-electron chi connectivity index (χ1n) is 7.63. The smallest absolute Gasteiger partial charge is 0.886 e. The van der Waals surface area contributed by atoms with Crippen LogP contribution in [0, 0.1) is 6.57 Å². The van der Waals surface area contributed by atoms with Crippen LogP contribution in [-0.2, 0) is 9.53 Å². The molecule has 0 heterocycles. The van der Waals surface area contributed by atoms with E-state index in [2.05, 4.69) is 11.8 Å².